The van der Waals surface area contributed by atoms with Crippen molar-refractivity contribution in [2.24, 2.45) is 5.92 Å². The lowest BCUT2D eigenvalue weighted by Crippen LogP contribution is -2.17. The van der Waals surface area contributed by atoms with E-state index in [1.165, 1.54) is 18.2 Å². The third-order valence-electron chi connectivity index (χ3n) is 3.02. The standard InChI is InChI=1S/C13H17BrF2/c1-3-9(4-2)11(14)8-10-12(15)6-5-7-13(10)16/h5-7,9,11H,3-4,8H2,1-2H3. The van der Waals surface area contributed by atoms with E-state index < -0.39 is 11.6 Å². The summed E-state index contributed by atoms with van der Waals surface area (Å²) in [6, 6.07) is 4.02. The van der Waals surface area contributed by atoms with Crippen LogP contribution >= 0.6 is 15.9 Å². The van der Waals surface area contributed by atoms with E-state index in [0.29, 0.717) is 12.3 Å². The summed E-state index contributed by atoms with van der Waals surface area (Å²) in [7, 11) is 0. The summed E-state index contributed by atoms with van der Waals surface area (Å²) in [4.78, 5) is 0.133. The molecule has 0 fully saturated rings. The molecule has 1 unspecified atom stereocenters. The maximum atomic E-state index is 13.4. The molecule has 0 aliphatic heterocycles. The van der Waals surface area contributed by atoms with E-state index in [1.807, 2.05) is 0 Å². The fourth-order valence-corrected chi connectivity index (χ4v) is 2.96. The van der Waals surface area contributed by atoms with Crippen LogP contribution in [0.3, 0.4) is 0 Å². The summed E-state index contributed by atoms with van der Waals surface area (Å²) >= 11 is 3.54. The Kier molecular flexibility index (Phi) is 5.39. The summed E-state index contributed by atoms with van der Waals surface area (Å²) in [6.07, 6.45) is 2.44. The highest BCUT2D eigenvalue weighted by Gasteiger charge is 2.19. The minimum atomic E-state index is -0.449. The fourth-order valence-electron chi connectivity index (χ4n) is 1.89. The first-order chi connectivity index (χ1) is 7.60. The van der Waals surface area contributed by atoms with E-state index in [1.54, 1.807) is 0 Å². The first kappa shape index (κ1) is 13.6. The zero-order chi connectivity index (χ0) is 12.1. The van der Waals surface area contributed by atoms with E-state index >= 15 is 0 Å². The third-order valence-corrected chi connectivity index (χ3v) is 4.09. The van der Waals surface area contributed by atoms with Crippen molar-refractivity contribution in [2.75, 3.05) is 0 Å². The van der Waals surface area contributed by atoms with Crippen LogP contribution in [0.15, 0.2) is 18.2 Å². The second-order valence-corrected chi connectivity index (χ2v) is 5.17. The molecule has 1 atom stereocenters. The molecule has 16 heavy (non-hydrogen) atoms. The molecule has 0 saturated heterocycles. The number of alkyl halides is 1. The van der Waals surface area contributed by atoms with Crippen molar-refractivity contribution in [3.63, 3.8) is 0 Å². The molecular weight excluding hydrogens is 274 g/mol. The maximum absolute atomic E-state index is 13.4. The van der Waals surface area contributed by atoms with Gasteiger partial charge in [-0.15, -0.1) is 0 Å². The SMILES string of the molecule is CCC(CC)C(Br)Cc1c(F)cccc1F. The van der Waals surface area contributed by atoms with Crippen LogP contribution in [-0.2, 0) is 6.42 Å². The molecule has 0 amide bonds. The molecule has 0 nitrogen and oxygen atoms in total. The van der Waals surface area contributed by atoms with Crippen molar-refractivity contribution < 1.29 is 8.78 Å². The lowest BCUT2D eigenvalue weighted by Gasteiger charge is -2.20. The summed E-state index contributed by atoms with van der Waals surface area (Å²) in [5.74, 6) is -0.440. The third kappa shape index (κ3) is 3.27. The molecule has 0 aromatic heterocycles. The number of hydrogen-bond acceptors (Lipinski definition) is 0. The van der Waals surface area contributed by atoms with Gasteiger partial charge in [0.05, 0.1) is 0 Å². The van der Waals surface area contributed by atoms with Gasteiger partial charge in [0.15, 0.2) is 0 Å². The van der Waals surface area contributed by atoms with Gasteiger partial charge in [0, 0.05) is 10.4 Å². The number of halogens is 3. The molecule has 0 spiro atoms. The lowest BCUT2D eigenvalue weighted by atomic mass is 9.94. The van der Waals surface area contributed by atoms with Gasteiger partial charge >= 0.3 is 0 Å². The Balaban J connectivity index is 2.80. The highest BCUT2D eigenvalue weighted by molar-refractivity contribution is 9.09. The summed E-state index contributed by atoms with van der Waals surface area (Å²) < 4.78 is 26.8. The highest BCUT2D eigenvalue weighted by atomic mass is 79.9. The van der Waals surface area contributed by atoms with Gasteiger partial charge in [-0.25, -0.2) is 8.78 Å². The summed E-state index contributed by atoms with van der Waals surface area (Å²) in [5.41, 5.74) is 0.191. The Morgan fingerprint density at radius 2 is 1.62 bits per heavy atom. The molecule has 0 heterocycles. The van der Waals surface area contributed by atoms with Crippen LogP contribution in [0.2, 0.25) is 0 Å². The average Bonchev–Trinajstić information content (AvgIpc) is 2.25. The van der Waals surface area contributed by atoms with E-state index in [9.17, 15) is 8.78 Å². The second kappa shape index (κ2) is 6.33. The molecule has 0 bridgehead atoms. The minimum Gasteiger partial charge on any atom is -0.207 e. The molecule has 0 radical (unpaired) electrons. The van der Waals surface area contributed by atoms with E-state index in [2.05, 4.69) is 29.8 Å². The Morgan fingerprint density at radius 3 is 2.06 bits per heavy atom. The monoisotopic (exact) mass is 290 g/mol. The van der Waals surface area contributed by atoms with Crippen molar-refractivity contribution in [1.29, 1.82) is 0 Å². The second-order valence-electron chi connectivity index (χ2n) is 4.00. The van der Waals surface area contributed by atoms with E-state index in [-0.39, 0.29) is 10.4 Å². The molecule has 90 valence electrons. The Bertz CT molecular complexity index is 314. The summed E-state index contributed by atoms with van der Waals surface area (Å²) in [6.45, 7) is 4.19. The van der Waals surface area contributed by atoms with E-state index in [4.69, 9.17) is 0 Å². The lowest BCUT2D eigenvalue weighted by molar-refractivity contribution is 0.461. The van der Waals surface area contributed by atoms with Gasteiger partial charge in [0.2, 0.25) is 0 Å². The van der Waals surface area contributed by atoms with Crippen LogP contribution in [0.25, 0.3) is 0 Å². The molecule has 0 aliphatic rings. The normalized spacial score (nSPS) is 13.1. The van der Waals surface area contributed by atoms with Crippen molar-refractivity contribution in [2.45, 2.75) is 37.9 Å². The fraction of sp³-hybridized carbons (Fsp3) is 0.538. The number of hydrogen-bond donors (Lipinski definition) is 0. The van der Waals surface area contributed by atoms with Crippen LogP contribution in [0, 0.1) is 17.6 Å². The van der Waals surface area contributed by atoms with Gasteiger partial charge in [0.1, 0.15) is 11.6 Å². The molecule has 0 saturated carbocycles. The van der Waals surface area contributed by atoms with Crippen molar-refractivity contribution in [1.82, 2.24) is 0 Å². The Morgan fingerprint density at radius 1 is 1.12 bits per heavy atom. The van der Waals surface area contributed by atoms with Gasteiger partial charge in [-0.2, -0.15) is 0 Å². The molecule has 3 heteroatoms. The van der Waals surface area contributed by atoms with Crippen LogP contribution in [0.5, 0.6) is 0 Å². The maximum Gasteiger partial charge on any atom is 0.129 e. The largest absolute Gasteiger partial charge is 0.207 e. The zero-order valence-electron chi connectivity index (χ0n) is 9.64. The quantitative estimate of drug-likeness (QED) is 0.689. The topological polar surface area (TPSA) is 0 Å². The zero-order valence-corrected chi connectivity index (χ0v) is 11.2. The smallest absolute Gasteiger partial charge is 0.129 e. The average molecular weight is 291 g/mol. The summed E-state index contributed by atoms with van der Waals surface area (Å²) in [5, 5.41) is 0. The predicted molar refractivity (Wildman–Crippen MR) is 66.8 cm³/mol. The first-order valence-corrected chi connectivity index (χ1v) is 6.58. The predicted octanol–water partition coefficient (Wildman–Crippen LogP) is 4.71. The van der Waals surface area contributed by atoms with Gasteiger partial charge < -0.3 is 0 Å². The van der Waals surface area contributed by atoms with Gasteiger partial charge in [0.25, 0.3) is 0 Å². The van der Waals surface area contributed by atoms with Crippen LogP contribution < -0.4 is 0 Å². The van der Waals surface area contributed by atoms with Crippen molar-refractivity contribution in [3.8, 4) is 0 Å². The Hall–Kier alpha value is -0.440. The van der Waals surface area contributed by atoms with Gasteiger partial charge in [-0.05, 0) is 24.5 Å². The van der Waals surface area contributed by atoms with Crippen LogP contribution in [0.4, 0.5) is 8.78 Å². The first-order valence-electron chi connectivity index (χ1n) is 5.67. The minimum absolute atomic E-state index is 0.133. The van der Waals surface area contributed by atoms with E-state index in [0.717, 1.165) is 12.8 Å². The van der Waals surface area contributed by atoms with Crippen molar-refractivity contribution >= 4 is 15.9 Å². The van der Waals surface area contributed by atoms with Gasteiger partial charge in [-0.1, -0.05) is 48.7 Å². The number of rotatable bonds is 5. The van der Waals surface area contributed by atoms with Crippen molar-refractivity contribution in [3.05, 3.63) is 35.4 Å². The Labute approximate surface area is 104 Å². The number of benzene rings is 1. The molecule has 0 aliphatic carbocycles. The molecule has 1 rings (SSSR count). The van der Waals surface area contributed by atoms with Gasteiger partial charge in [-0.3, -0.25) is 0 Å². The highest BCUT2D eigenvalue weighted by Crippen LogP contribution is 2.26. The van der Waals surface area contributed by atoms with Crippen LogP contribution in [-0.4, -0.2) is 4.83 Å². The molecular formula is C13H17BrF2. The molecule has 0 N–H and O–H groups in total. The van der Waals surface area contributed by atoms with Crippen LogP contribution in [0.1, 0.15) is 32.3 Å². The molecule has 1 aromatic rings. The molecule has 1 aromatic carbocycles.